The van der Waals surface area contributed by atoms with Gasteiger partial charge in [0.25, 0.3) is 0 Å². The van der Waals surface area contributed by atoms with E-state index in [1.165, 1.54) is 6.08 Å². The molecule has 43 heavy (non-hydrogen) atoms. The van der Waals surface area contributed by atoms with Crippen LogP contribution in [0.3, 0.4) is 0 Å². The second-order valence-corrected chi connectivity index (χ2v) is 11.0. The number of hydrogen-bond acceptors (Lipinski definition) is 8. The molecule has 1 fully saturated rings. The minimum absolute atomic E-state index is 0.00602. The van der Waals surface area contributed by atoms with Crippen molar-refractivity contribution in [1.82, 2.24) is 24.2 Å². The summed E-state index contributed by atoms with van der Waals surface area (Å²) in [4.78, 5) is 25.8. The van der Waals surface area contributed by atoms with Gasteiger partial charge in [-0.05, 0) is 31.5 Å². The Hall–Kier alpha value is -3.57. The van der Waals surface area contributed by atoms with E-state index in [4.69, 9.17) is 42.4 Å². The molecule has 1 saturated heterocycles. The average Bonchev–Trinajstić information content (AvgIpc) is 3.46. The van der Waals surface area contributed by atoms with Crippen LogP contribution in [0.1, 0.15) is 12.1 Å². The molecule has 0 spiro atoms. The highest BCUT2D eigenvalue weighted by Gasteiger charge is 2.23. The Bertz CT molecular complexity index is 1610. The van der Waals surface area contributed by atoms with E-state index in [-0.39, 0.29) is 5.91 Å². The van der Waals surface area contributed by atoms with Crippen molar-refractivity contribution in [2.24, 2.45) is 0 Å². The average molecular weight is 628 g/mol. The SMILES string of the molecule is C=CC(=O)N1CCN(CCCc2cn3c(n2)c(-c2c(Cl)c(OC)cc(OC)c2Cl)cc2cnc(NCCOC)cc23)CC1. The quantitative estimate of drug-likeness (QED) is 0.170. The maximum atomic E-state index is 11.9. The first kappa shape index (κ1) is 30.9. The van der Waals surface area contributed by atoms with E-state index in [0.717, 1.165) is 73.5 Å². The number of amides is 1. The van der Waals surface area contributed by atoms with Gasteiger partial charge in [-0.15, -0.1) is 0 Å². The third-order valence-corrected chi connectivity index (χ3v) is 8.44. The first-order chi connectivity index (χ1) is 20.9. The molecule has 0 saturated carbocycles. The molecule has 4 heterocycles. The van der Waals surface area contributed by atoms with Crippen molar-refractivity contribution in [3.05, 3.63) is 59.0 Å². The van der Waals surface area contributed by atoms with E-state index in [0.29, 0.717) is 45.9 Å². The van der Waals surface area contributed by atoms with Gasteiger partial charge in [-0.1, -0.05) is 29.8 Å². The van der Waals surface area contributed by atoms with Crippen molar-refractivity contribution >= 4 is 51.5 Å². The Balaban J connectivity index is 1.50. The minimum atomic E-state index is -0.00602. The lowest BCUT2D eigenvalue weighted by molar-refractivity contribution is -0.127. The zero-order chi connectivity index (χ0) is 30.5. The Kier molecular flexibility index (Phi) is 9.92. The van der Waals surface area contributed by atoms with E-state index in [1.54, 1.807) is 27.4 Å². The second kappa shape index (κ2) is 13.8. The lowest BCUT2D eigenvalue weighted by atomic mass is 10.0. The fourth-order valence-corrected chi connectivity index (χ4v) is 6.11. The monoisotopic (exact) mass is 626 g/mol. The van der Waals surface area contributed by atoms with Gasteiger partial charge in [-0.2, -0.15) is 0 Å². The second-order valence-electron chi connectivity index (χ2n) is 10.3. The van der Waals surface area contributed by atoms with Crippen molar-refractivity contribution in [3.8, 4) is 22.6 Å². The molecule has 228 valence electrons. The number of aromatic nitrogens is 3. The number of piperazine rings is 1. The first-order valence-electron chi connectivity index (χ1n) is 14.2. The number of benzene rings is 1. The van der Waals surface area contributed by atoms with Crippen molar-refractivity contribution in [2.45, 2.75) is 12.8 Å². The predicted octanol–water partition coefficient (Wildman–Crippen LogP) is 5.19. The first-order valence-corrected chi connectivity index (χ1v) is 14.9. The van der Waals surface area contributed by atoms with Crippen LogP contribution in [-0.4, -0.2) is 97.3 Å². The van der Waals surface area contributed by atoms with E-state index >= 15 is 0 Å². The van der Waals surface area contributed by atoms with Crippen molar-refractivity contribution in [1.29, 1.82) is 0 Å². The molecule has 3 aromatic heterocycles. The summed E-state index contributed by atoms with van der Waals surface area (Å²) < 4.78 is 18.3. The topological polar surface area (TPSA) is 93.5 Å². The molecule has 0 unspecified atom stereocenters. The molecule has 1 aromatic carbocycles. The smallest absolute Gasteiger partial charge is 0.246 e. The Labute approximate surface area is 261 Å². The van der Waals surface area contributed by atoms with Crippen LogP contribution in [-0.2, 0) is 16.0 Å². The summed E-state index contributed by atoms with van der Waals surface area (Å²) in [5, 5.41) is 4.95. The van der Waals surface area contributed by atoms with Gasteiger partial charge in [0, 0.05) is 80.9 Å². The molecule has 1 amide bonds. The fraction of sp³-hybridized carbons (Fsp3) is 0.387. The number of carbonyl (C=O) groups is 1. The van der Waals surface area contributed by atoms with Crippen LogP contribution in [0.4, 0.5) is 5.82 Å². The standard InChI is InChI=1S/C31H36Cl2N6O4/c1-5-27(40)38-12-10-37(11-13-38)9-6-7-21-19-39-23-16-26(34-8-14-41-2)35-18-20(23)15-22(31(39)36-21)28-29(32)24(42-3)17-25(43-4)30(28)33/h5,15-19H,1,6-14H2,2-4H3,(H,34,35). The van der Waals surface area contributed by atoms with Gasteiger partial charge in [0.05, 0.1) is 42.1 Å². The van der Waals surface area contributed by atoms with Gasteiger partial charge in [0.15, 0.2) is 0 Å². The molecular formula is C31H36Cl2N6O4. The molecule has 10 nitrogen and oxygen atoms in total. The number of nitrogens with one attached hydrogen (secondary N) is 1. The number of methoxy groups -OCH3 is 3. The Morgan fingerprint density at radius 1 is 1.07 bits per heavy atom. The van der Waals surface area contributed by atoms with E-state index in [1.807, 2.05) is 23.2 Å². The van der Waals surface area contributed by atoms with Crippen LogP contribution < -0.4 is 14.8 Å². The number of ether oxygens (including phenoxy) is 3. The van der Waals surface area contributed by atoms with Crippen LogP contribution in [0.25, 0.3) is 27.7 Å². The molecule has 5 rings (SSSR count). The summed E-state index contributed by atoms with van der Waals surface area (Å²) in [6.45, 7) is 8.84. The molecule has 0 atom stereocenters. The van der Waals surface area contributed by atoms with Gasteiger partial charge >= 0.3 is 0 Å². The zero-order valence-electron chi connectivity index (χ0n) is 24.7. The molecule has 0 bridgehead atoms. The minimum Gasteiger partial charge on any atom is -0.495 e. The number of nitrogens with zero attached hydrogens (tertiary/aromatic N) is 5. The van der Waals surface area contributed by atoms with Gasteiger partial charge < -0.3 is 24.4 Å². The number of rotatable bonds is 12. The zero-order valence-corrected chi connectivity index (χ0v) is 26.2. The molecule has 4 aromatic rings. The third-order valence-electron chi connectivity index (χ3n) is 7.69. The lowest BCUT2D eigenvalue weighted by Gasteiger charge is -2.34. The van der Waals surface area contributed by atoms with Crippen molar-refractivity contribution < 1.29 is 19.0 Å². The fourth-order valence-electron chi connectivity index (χ4n) is 5.41. The van der Waals surface area contributed by atoms with Gasteiger partial charge in [0.2, 0.25) is 5.91 Å². The van der Waals surface area contributed by atoms with E-state index < -0.39 is 0 Å². The molecule has 0 radical (unpaired) electrons. The number of carbonyl (C=O) groups excluding carboxylic acids is 1. The van der Waals surface area contributed by atoms with E-state index in [2.05, 4.69) is 32.4 Å². The summed E-state index contributed by atoms with van der Waals surface area (Å²) in [5.74, 6) is 1.64. The van der Waals surface area contributed by atoms with Gasteiger partial charge in [-0.25, -0.2) is 9.97 Å². The summed E-state index contributed by atoms with van der Waals surface area (Å²) in [7, 11) is 4.78. The maximum absolute atomic E-state index is 11.9. The van der Waals surface area contributed by atoms with Crippen LogP contribution >= 0.6 is 23.2 Å². The molecular weight excluding hydrogens is 591 g/mol. The number of hydrogen-bond donors (Lipinski definition) is 1. The van der Waals surface area contributed by atoms with Crippen molar-refractivity contribution in [3.63, 3.8) is 0 Å². The maximum Gasteiger partial charge on any atom is 0.246 e. The van der Waals surface area contributed by atoms with Crippen LogP contribution in [0, 0.1) is 0 Å². The van der Waals surface area contributed by atoms with Gasteiger partial charge in [0.1, 0.15) is 23.0 Å². The molecule has 1 aliphatic rings. The number of aryl methyl sites for hydroxylation is 1. The highest BCUT2D eigenvalue weighted by molar-refractivity contribution is 6.41. The lowest BCUT2D eigenvalue weighted by Crippen LogP contribution is -2.48. The van der Waals surface area contributed by atoms with Crippen LogP contribution in [0.2, 0.25) is 10.0 Å². The number of halogens is 2. The predicted molar refractivity (Wildman–Crippen MR) is 171 cm³/mol. The largest absolute Gasteiger partial charge is 0.495 e. The summed E-state index contributed by atoms with van der Waals surface area (Å²) >= 11 is 13.7. The molecule has 1 N–H and O–H groups in total. The third kappa shape index (κ3) is 6.52. The molecule has 0 aliphatic carbocycles. The Morgan fingerprint density at radius 2 is 1.79 bits per heavy atom. The summed E-state index contributed by atoms with van der Waals surface area (Å²) in [6, 6.07) is 5.69. The highest BCUT2D eigenvalue weighted by atomic mass is 35.5. The van der Waals surface area contributed by atoms with Crippen LogP contribution in [0.5, 0.6) is 11.5 Å². The van der Waals surface area contributed by atoms with Crippen LogP contribution in [0.15, 0.2) is 43.2 Å². The molecule has 12 heteroatoms. The number of fused-ring (bicyclic) bond motifs is 3. The summed E-state index contributed by atoms with van der Waals surface area (Å²) in [6.07, 6.45) is 6.98. The highest BCUT2D eigenvalue weighted by Crippen LogP contribution is 2.47. The normalized spacial score (nSPS) is 13.9. The van der Waals surface area contributed by atoms with E-state index in [9.17, 15) is 4.79 Å². The molecule has 1 aliphatic heterocycles. The Morgan fingerprint density at radius 3 is 2.44 bits per heavy atom. The number of imidazole rings is 1. The van der Waals surface area contributed by atoms with Crippen molar-refractivity contribution in [2.75, 3.05) is 72.5 Å². The van der Waals surface area contributed by atoms with Gasteiger partial charge in [-0.3, -0.25) is 14.1 Å². The summed E-state index contributed by atoms with van der Waals surface area (Å²) in [5.41, 5.74) is 3.93. The number of anilines is 1. The number of pyridine rings is 2.